The van der Waals surface area contributed by atoms with Crippen LogP contribution < -0.4 is 0 Å². The molecule has 2 aromatic carbocycles. The van der Waals surface area contributed by atoms with Gasteiger partial charge in [-0.2, -0.15) is 0 Å². The third-order valence-corrected chi connectivity index (χ3v) is 5.86. The molecule has 3 aromatic rings. The van der Waals surface area contributed by atoms with Gasteiger partial charge in [-0.1, -0.05) is 60.2 Å². The van der Waals surface area contributed by atoms with Gasteiger partial charge in [-0.05, 0) is 25.3 Å². The summed E-state index contributed by atoms with van der Waals surface area (Å²) in [4.78, 5) is 19.8. The highest BCUT2D eigenvalue weighted by atomic mass is 32.1. The van der Waals surface area contributed by atoms with E-state index in [1.807, 2.05) is 28.5 Å². The van der Waals surface area contributed by atoms with Crippen molar-refractivity contribution < 1.29 is 9.53 Å². The Kier molecular flexibility index (Phi) is 5.84. The molecular weight excluding hydrogens is 368 g/mol. The van der Waals surface area contributed by atoms with Crippen LogP contribution in [0, 0.1) is 6.92 Å². The fourth-order valence-corrected chi connectivity index (χ4v) is 4.22. The number of nitrogens with zero attached hydrogens (tertiary/aromatic N) is 2. The molecule has 2 heterocycles. The fourth-order valence-electron chi connectivity index (χ4n) is 3.42. The first-order chi connectivity index (χ1) is 13.7. The maximum atomic E-state index is 13.3. The molecule has 0 N–H and O–H groups in total. The van der Waals surface area contributed by atoms with Crippen molar-refractivity contribution in [1.82, 2.24) is 9.88 Å². The minimum atomic E-state index is -0.0334. The van der Waals surface area contributed by atoms with Crippen molar-refractivity contribution >= 4 is 17.2 Å². The highest BCUT2D eigenvalue weighted by molar-refractivity contribution is 7.13. The standard InChI is InChI=1S/C23H24N2O2S/c1-17-9-11-19(12-10-17)22-24-21(16-28-22)23(26)25(15-20-8-5-13-27-20)14-18-6-3-2-4-7-18/h2-4,6-7,9-12,16,20H,5,8,13-15H2,1H3. The predicted molar refractivity (Wildman–Crippen MR) is 112 cm³/mol. The lowest BCUT2D eigenvalue weighted by molar-refractivity contribution is 0.0503. The third kappa shape index (κ3) is 4.49. The monoisotopic (exact) mass is 392 g/mol. The van der Waals surface area contributed by atoms with Gasteiger partial charge in [0.05, 0.1) is 6.10 Å². The Bertz CT molecular complexity index is 915. The van der Waals surface area contributed by atoms with Crippen LogP contribution in [-0.4, -0.2) is 35.0 Å². The van der Waals surface area contributed by atoms with E-state index in [0.29, 0.717) is 18.8 Å². The van der Waals surface area contributed by atoms with Gasteiger partial charge in [0.1, 0.15) is 10.7 Å². The van der Waals surface area contributed by atoms with Crippen LogP contribution in [0.2, 0.25) is 0 Å². The van der Waals surface area contributed by atoms with Gasteiger partial charge in [0, 0.05) is 30.6 Å². The Labute approximate surface area is 169 Å². The quantitative estimate of drug-likeness (QED) is 0.597. The van der Waals surface area contributed by atoms with Gasteiger partial charge in [0.2, 0.25) is 0 Å². The molecule has 1 aromatic heterocycles. The largest absolute Gasteiger partial charge is 0.376 e. The molecule has 0 radical (unpaired) electrons. The molecule has 1 aliphatic rings. The molecule has 1 atom stereocenters. The van der Waals surface area contributed by atoms with Crippen LogP contribution in [0.4, 0.5) is 0 Å². The first kappa shape index (κ1) is 18.8. The van der Waals surface area contributed by atoms with Crippen LogP contribution >= 0.6 is 11.3 Å². The van der Waals surface area contributed by atoms with Crippen LogP contribution in [0.1, 0.15) is 34.5 Å². The average Bonchev–Trinajstić information content (AvgIpc) is 3.40. The topological polar surface area (TPSA) is 42.4 Å². The Morgan fingerprint density at radius 1 is 1.18 bits per heavy atom. The highest BCUT2D eigenvalue weighted by Gasteiger charge is 2.25. The summed E-state index contributed by atoms with van der Waals surface area (Å²) < 4.78 is 5.78. The lowest BCUT2D eigenvalue weighted by Gasteiger charge is -2.25. The second-order valence-electron chi connectivity index (χ2n) is 7.21. The van der Waals surface area contributed by atoms with Crippen LogP contribution in [0.15, 0.2) is 60.0 Å². The van der Waals surface area contributed by atoms with Gasteiger partial charge in [0.25, 0.3) is 5.91 Å². The molecule has 0 bridgehead atoms. The zero-order valence-corrected chi connectivity index (χ0v) is 16.8. The van der Waals surface area contributed by atoms with Crippen LogP contribution in [0.25, 0.3) is 10.6 Å². The van der Waals surface area contributed by atoms with Crippen LogP contribution in [0.5, 0.6) is 0 Å². The molecule has 1 fully saturated rings. The Morgan fingerprint density at radius 3 is 2.68 bits per heavy atom. The number of benzene rings is 2. The van der Waals surface area contributed by atoms with Gasteiger partial charge in [-0.25, -0.2) is 4.98 Å². The molecule has 1 amide bonds. The third-order valence-electron chi connectivity index (χ3n) is 4.97. The summed E-state index contributed by atoms with van der Waals surface area (Å²) in [5.41, 5.74) is 3.88. The summed E-state index contributed by atoms with van der Waals surface area (Å²) in [6.07, 6.45) is 2.18. The lowest BCUT2D eigenvalue weighted by Crippen LogP contribution is -2.37. The number of carbonyl (C=O) groups excluding carboxylic acids is 1. The van der Waals surface area contributed by atoms with Crippen LogP contribution in [-0.2, 0) is 11.3 Å². The summed E-state index contributed by atoms with van der Waals surface area (Å²) in [5.74, 6) is -0.0334. The molecule has 5 heteroatoms. The summed E-state index contributed by atoms with van der Waals surface area (Å²) in [6.45, 7) is 4.02. The maximum absolute atomic E-state index is 13.3. The predicted octanol–water partition coefficient (Wildman–Crippen LogP) is 4.94. The van der Waals surface area contributed by atoms with E-state index in [1.54, 1.807) is 0 Å². The van der Waals surface area contributed by atoms with Gasteiger partial charge >= 0.3 is 0 Å². The zero-order chi connectivity index (χ0) is 19.3. The second-order valence-corrected chi connectivity index (χ2v) is 8.07. The van der Waals surface area contributed by atoms with Crippen molar-refractivity contribution in [3.63, 3.8) is 0 Å². The number of thiazole rings is 1. The van der Waals surface area contributed by atoms with E-state index in [-0.39, 0.29) is 12.0 Å². The number of hydrogen-bond acceptors (Lipinski definition) is 4. The number of aryl methyl sites for hydroxylation is 1. The Balaban J connectivity index is 1.54. The maximum Gasteiger partial charge on any atom is 0.273 e. The normalized spacial score (nSPS) is 16.2. The zero-order valence-electron chi connectivity index (χ0n) is 16.0. The molecular formula is C23H24N2O2S. The molecule has 1 aliphatic heterocycles. The fraction of sp³-hybridized carbons (Fsp3) is 0.304. The molecule has 1 saturated heterocycles. The van der Waals surface area contributed by atoms with Crippen molar-refractivity contribution in [3.05, 3.63) is 76.8 Å². The number of ether oxygens (including phenoxy) is 1. The SMILES string of the molecule is Cc1ccc(-c2nc(C(=O)N(Cc3ccccc3)CC3CCCO3)cs2)cc1. The van der Waals surface area contributed by atoms with E-state index < -0.39 is 0 Å². The molecule has 28 heavy (non-hydrogen) atoms. The van der Waals surface area contributed by atoms with Gasteiger partial charge < -0.3 is 9.64 Å². The molecule has 4 rings (SSSR count). The second kappa shape index (κ2) is 8.67. The van der Waals surface area contributed by atoms with E-state index in [1.165, 1.54) is 16.9 Å². The van der Waals surface area contributed by atoms with E-state index in [2.05, 4.69) is 48.3 Å². The Morgan fingerprint density at radius 2 is 1.96 bits per heavy atom. The first-order valence-corrected chi connectivity index (χ1v) is 10.5. The first-order valence-electron chi connectivity index (χ1n) is 9.66. The molecule has 0 spiro atoms. The molecule has 4 nitrogen and oxygen atoms in total. The Hall–Kier alpha value is -2.50. The number of rotatable bonds is 6. The van der Waals surface area contributed by atoms with Crippen molar-refractivity contribution in [3.8, 4) is 10.6 Å². The number of aromatic nitrogens is 1. The van der Waals surface area contributed by atoms with Gasteiger partial charge in [0.15, 0.2) is 0 Å². The minimum absolute atomic E-state index is 0.0334. The van der Waals surface area contributed by atoms with E-state index in [4.69, 9.17) is 4.74 Å². The summed E-state index contributed by atoms with van der Waals surface area (Å²) in [5, 5.41) is 2.74. The lowest BCUT2D eigenvalue weighted by atomic mass is 10.1. The smallest absolute Gasteiger partial charge is 0.273 e. The molecule has 0 saturated carbocycles. The van der Waals surface area contributed by atoms with Crippen LogP contribution in [0.3, 0.4) is 0 Å². The minimum Gasteiger partial charge on any atom is -0.376 e. The van der Waals surface area contributed by atoms with Crippen molar-refractivity contribution in [2.45, 2.75) is 32.4 Å². The highest BCUT2D eigenvalue weighted by Crippen LogP contribution is 2.25. The van der Waals surface area contributed by atoms with Gasteiger partial charge in [-0.3, -0.25) is 4.79 Å². The number of amides is 1. The number of carbonyl (C=O) groups is 1. The summed E-state index contributed by atoms with van der Waals surface area (Å²) in [6, 6.07) is 18.3. The molecule has 144 valence electrons. The average molecular weight is 393 g/mol. The summed E-state index contributed by atoms with van der Waals surface area (Å²) in [7, 11) is 0. The van der Waals surface area contributed by atoms with Gasteiger partial charge in [-0.15, -0.1) is 11.3 Å². The van der Waals surface area contributed by atoms with E-state index >= 15 is 0 Å². The van der Waals surface area contributed by atoms with E-state index in [9.17, 15) is 4.79 Å². The van der Waals surface area contributed by atoms with Crippen molar-refractivity contribution in [1.29, 1.82) is 0 Å². The summed E-state index contributed by atoms with van der Waals surface area (Å²) >= 11 is 1.51. The molecule has 1 unspecified atom stereocenters. The molecule has 0 aliphatic carbocycles. The van der Waals surface area contributed by atoms with Crippen molar-refractivity contribution in [2.75, 3.05) is 13.2 Å². The number of hydrogen-bond donors (Lipinski definition) is 0. The van der Waals surface area contributed by atoms with Crippen molar-refractivity contribution in [2.24, 2.45) is 0 Å². The van der Waals surface area contributed by atoms with E-state index in [0.717, 1.165) is 35.6 Å².